The van der Waals surface area contributed by atoms with Crippen LogP contribution in [-0.4, -0.2) is 21.0 Å². The van der Waals surface area contributed by atoms with Crippen molar-refractivity contribution in [1.82, 2.24) is 0 Å². The van der Waals surface area contributed by atoms with E-state index in [-0.39, 0.29) is 17.5 Å². The molecule has 0 fully saturated rings. The standard InChI is InChI=1S/C9H12N2O4S/c1-2-14-9(10)11-15-16(12,13)8-6-4-3-5-7-8/h3-7H,2H2,1H3,(H2,10,11). The largest absolute Gasteiger partial charge is 0.464 e. The molecule has 1 aromatic rings. The van der Waals surface area contributed by atoms with Crippen LogP contribution < -0.4 is 5.73 Å². The molecule has 0 unspecified atom stereocenters. The Morgan fingerprint density at radius 3 is 2.56 bits per heavy atom. The lowest BCUT2D eigenvalue weighted by atomic mass is 10.4. The van der Waals surface area contributed by atoms with E-state index in [0.717, 1.165) is 0 Å². The summed E-state index contributed by atoms with van der Waals surface area (Å²) in [6.45, 7) is 1.97. The van der Waals surface area contributed by atoms with Gasteiger partial charge in [0, 0.05) is 0 Å². The molecule has 0 aliphatic rings. The van der Waals surface area contributed by atoms with Crippen LogP contribution >= 0.6 is 0 Å². The molecule has 1 rings (SSSR count). The van der Waals surface area contributed by atoms with Gasteiger partial charge in [0.25, 0.3) is 0 Å². The van der Waals surface area contributed by atoms with Gasteiger partial charge < -0.3 is 10.5 Å². The third-order valence-electron chi connectivity index (χ3n) is 1.55. The van der Waals surface area contributed by atoms with E-state index in [4.69, 9.17) is 10.5 Å². The molecule has 6 nitrogen and oxygen atoms in total. The second-order valence-corrected chi connectivity index (χ2v) is 4.23. The number of oxime groups is 1. The summed E-state index contributed by atoms with van der Waals surface area (Å²) in [5.41, 5.74) is 5.21. The lowest BCUT2D eigenvalue weighted by Gasteiger charge is -2.02. The van der Waals surface area contributed by atoms with Gasteiger partial charge in [0.15, 0.2) is 0 Å². The SMILES string of the molecule is CCO/C(N)=N/OS(=O)(=O)c1ccccc1. The monoisotopic (exact) mass is 244 g/mol. The van der Waals surface area contributed by atoms with Gasteiger partial charge in [-0.3, -0.25) is 4.28 Å². The molecule has 16 heavy (non-hydrogen) atoms. The van der Waals surface area contributed by atoms with Crippen LogP contribution in [0.15, 0.2) is 40.4 Å². The topological polar surface area (TPSA) is 91.0 Å². The number of hydrogen-bond donors (Lipinski definition) is 1. The van der Waals surface area contributed by atoms with Gasteiger partial charge in [-0.1, -0.05) is 18.2 Å². The predicted octanol–water partition coefficient (Wildman–Crippen LogP) is 0.658. The van der Waals surface area contributed by atoms with E-state index >= 15 is 0 Å². The van der Waals surface area contributed by atoms with E-state index in [0.29, 0.717) is 0 Å². The summed E-state index contributed by atoms with van der Waals surface area (Å²) in [7, 11) is -3.92. The molecule has 0 bridgehead atoms. The molecular formula is C9H12N2O4S. The molecule has 0 radical (unpaired) electrons. The Kier molecular flexibility index (Phi) is 4.12. The maximum absolute atomic E-state index is 11.5. The van der Waals surface area contributed by atoms with Crippen LogP contribution in [0.3, 0.4) is 0 Å². The first-order valence-electron chi connectivity index (χ1n) is 4.51. The van der Waals surface area contributed by atoms with E-state index < -0.39 is 10.1 Å². The van der Waals surface area contributed by atoms with Crippen LogP contribution in [0, 0.1) is 0 Å². The van der Waals surface area contributed by atoms with Gasteiger partial charge in [0.2, 0.25) is 0 Å². The number of nitrogens with zero attached hydrogens (tertiary/aromatic N) is 1. The van der Waals surface area contributed by atoms with Gasteiger partial charge in [-0.15, -0.1) is 0 Å². The zero-order chi connectivity index (χ0) is 12.0. The summed E-state index contributed by atoms with van der Waals surface area (Å²) in [6, 6.07) is 7.29. The van der Waals surface area contributed by atoms with E-state index in [1.54, 1.807) is 25.1 Å². The van der Waals surface area contributed by atoms with E-state index in [1.807, 2.05) is 0 Å². The van der Waals surface area contributed by atoms with E-state index in [9.17, 15) is 8.42 Å². The van der Waals surface area contributed by atoms with Crippen molar-refractivity contribution in [3.8, 4) is 0 Å². The number of benzene rings is 1. The summed E-state index contributed by atoms with van der Waals surface area (Å²) in [6.07, 6.45) is 0. The fourth-order valence-electron chi connectivity index (χ4n) is 0.890. The molecule has 0 aromatic heterocycles. The summed E-state index contributed by atoms with van der Waals surface area (Å²) < 4.78 is 32.1. The van der Waals surface area contributed by atoms with Crippen molar-refractivity contribution in [3.05, 3.63) is 30.3 Å². The summed E-state index contributed by atoms with van der Waals surface area (Å²) in [5.74, 6) is 0. The molecule has 7 heteroatoms. The number of amidine groups is 1. The highest BCUT2D eigenvalue weighted by Crippen LogP contribution is 2.11. The minimum Gasteiger partial charge on any atom is -0.464 e. The van der Waals surface area contributed by atoms with Crippen molar-refractivity contribution in [2.75, 3.05) is 6.61 Å². The molecule has 0 saturated heterocycles. The zero-order valence-corrected chi connectivity index (χ0v) is 9.48. The minimum atomic E-state index is -3.92. The van der Waals surface area contributed by atoms with Crippen molar-refractivity contribution in [2.45, 2.75) is 11.8 Å². The number of hydrogen-bond acceptors (Lipinski definition) is 5. The first-order chi connectivity index (χ1) is 7.56. The summed E-state index contributed by atoms with van der Waals surface area (Å²) in [4.78, 5) is 0.00282. The van der Waals surface area contributed by atoms with Gasteiger partial charge >= 0.3 is 16.1 Å². The Morgan fingerprint density at radius 2 is 2.00 bits per heavy atom. The smallest absolute Gasteiger partial charge is 0.358 e. The average Bonchev–Trinajstić information content (AvgIpc) is 2.28. The summed E-state index contributed by atoms with van der Waals surface area (Å²) >= 11 is 0. The normalized spacial score (nSPS) is 12.2. The molecule has 0 spiro atoms. The first kappa shape index (κ1) is 12.3. The van der Waals surface area contributed by atoms with Crippen molar-refractivity contribution in [2.24, 2.45) is 10.9 Å². The maximum Gasteiger partial charge on any atom is 0.358 e. The van der Waals surface area contributed by atoms with Crippen molar-refractivity contribution in [1.29, 1.82) is 0 Å². The van der Waals surface area contributed by atoms with Gasteiger partial charge in [-0.2, -0.15) is 8.42 Å². The molecule has 0 heterocycles. The second kappa shape index (κ2) is 5.36. The van der Waals surface area contributed by atoms with Crippen molar-refractivity contribution in [3.63, 3.8) is 0 Å². The van der Waals surface area contributed by atoms with Crippen LogP contribution in [0.5, 0.6) is 0 Å². The van der Waals surface area contributed by atoms with Crippen LogP contribution in [0.25, 0.3) is 0 Å². The third-order valence-corrected chi connectivity index (χ3v) is 2.67. The Labute approximate surface area is 93.8 Å². The molecule has 0 atom stereocenters. The lowest BCUT2D eigenvalue weighted by Crippen LogP contribution is -2.17. The van der Waals surface area contributed by atoms with Crippen LogP contribution in [-0.2, 0) is 19.1 Å². The Balaban J connectivity index is 2.78. The zero-order valence-electron chi connectivity index (χ0n) is 8.66. The molecule has 2 N–H and O–H groups in total. The van der Waals surface area contributed by atoms with Crippen LogP contribution in [0.4, 0.5) is 0 Å². The number of nitrogens with two attached hydrogens (primary N) is 1. The van der Waals surface area contributed by atoms with Crippen molar-refractivity contribution >= 4 is 16.1 Å². The highest BCUT2D eigenvalue weighted by atomic mass is 32.2. The van der Waals surface area contributed by atoms with E-state index in [2.05, 4.69) is 9.44 Å². The first-order valence-corrected chi connectivity index (χ1v) is 5.92. The molecule has 0 saturated carbocycles. The van der Waals surface area contributed by atoms with Gasteiger partial charge in [-0.25, -0.2) is 0 Å². The molecule has 0 aliphatic heterocycles. The maximum atomic E-state index is 11.5. The quantitative estimate of drug-likeness (QED) is 0.477. The fourth-order valence-corrected chi connectivity index (χ4v) is 1.64. The van der Waals surface area contributed by atoms with Crippen LogP contribution in [0.2, 0.25) is 0 Å². The predicted molar refractivity (Wildman–Crippen MR) is 58.0 cm³/mol. The highest BCUT2D eigenvalue weighted by molar-refractivity contribution is 7.86. The minimum absolute atomic E-state index is 0.00282. The highest BCUT2D eigenvalue weighted by Gasteiger charge is 2.15. The Hall–Kier alpha value is -1.76. The fraction of sp³-hybridized carbons (Fsp3) is 0.222. The second-order valence-electron chi connectivity index (χ2n) is 2.70. The lowest BCUT2D eigenvalue weighted by molar-refractivity contribution is 0.275. The van der Waals surface area contributed by atoms with Crippen LogP contribution in [0.1, 0.15) is 6.92 Å². The van der Waals surface area contributed by atoms with E-state index in [1.165, 1.54) is 12.1 Å². The van der Waals surface area contributed by atoms with Crippen molar-refractivity contribution < 1.29 is 17.4 Å². The molecule has 0 aliphatic carbocycles. The average molecular weight is 244 g/mol. The molecular weight excluding hydrogens is 232 g/mol. The Bertz CT molecular complexity index is 456. The molecule has 1 aromatic carbocycles. The summed E-state index contributed by atoms with van der Waals surface area (Å²) in [5, 5.41) is 3.15. The molecule has 88 valence electrons. The van der Waals surface area contributed by atoms with Gasteiger partial charge in [0.05, 0.1) is 6.61 Å². The number of ether oxygens (including phenoxy) is 1. The van der Waals surface area contributed by atoms with Gasteiger partial charge in [0.1, 0.15) is 4.90 Å². The van der Waals surface area contributed by atoms with Gasteiger partial charge in [-0.05, 0) is 24.2 Å². The molecule has 0 amide bonds. The number of rotatable bonds is 4. The third kappa shape index (κ3) is 3.43. The Morgan fingerprint density at radius 1 is 1.38 bits per heavy atom.